The van der Waals surface area contributed by atoms with E-state index in [1.54, 1.807) is 0 Å². The number of alkyl halides is 5. The van der Waals surface area contributed by atoms with Crippen LogP contribution < -0.4 is 0 Å². The second kappa shape index (κ2) is 4.66. The Labute approximate surface area is 99.2 Å². The molecule has 1 aliphatic rings. The van der Waals surface area contributed by atoms with Gasteiger partial charge in [-0.05, 0) is 0 Å². The smallest absolute Gasteiger partial charge is 0.453 e. The average molecular weight is 274 g/mol. The summed E-state index contributed by atoms with van der Waals surface area (Å²) in [5.41, 5.74) is 0. The van der Waals surface area contributed by atoms with Crippen LogP contribution in [0.15, 0.2) is 23.4 Å². The number of allylic oxidation sites excluding steroid dienone is 3. The fourth-order valence-electron chi connectivity index (χ4n) is 1.55. The first kappa shape index (κ1) is 14.6. The zero-order valence-electron chi connectivity index (χ0n) is 9.26. The minimum atomic E-state index is -5.69. The molecule has 0 saturated heterocycles. The molecule has 0 radical (unpaired) electrons. The molecule has 0 aromatic carbocycles. The third-order valence-electron chi connectivity index (χ3n) is 2.56. The highest BCUT2D eigenvalue weighted by molar-refractivity contribution is 5.25. The highest BCUT2D eigenvalue weighted by atomic mass is 19.4. The van der Waals surface area contributed by atoms with E-state index in [0.29, 0.717) is 0 Å². The van der Waals surface area contributed by atoms with Gasteiger partial charge in [0.05, 0.1) is 12.9 Å². The molecule has 0 bridgehead atoms. The molecule has 1 rings (SSSR count). The van der Waals surface area contributed by atoms with Gasteiger partial charge in [0.1, 0.15) is 5.76 Å². The number of hydrogen-bond acceptors (Lipinski definition) is 3. The van der Waals surface area contributed by atoms with Crippen LogP contribution in [0.2, 0.25) is 0 Å². The third kappa shape index (κ3) is 2.85. The van der Waals surface area contributed by atoms with Crippen molar-refractivity contribution in [2.24, 2.45) is 5.92 Å². The molecule has 0 aromatic rings. The molecule has 1 unspecified atom stereocenters. The number of aliphatic hydroxyl groups is 2. The number of ether oxygens (including phenoxy) is 1. The lowest BCUT2D eigenvalue weighted by atomic mass is 9.90. The van der Waals surface area contributed by atoms with Gasteiger partial charge in [-0.15, -0.1) is 0 Å². The van der Waals surface area contributed by atoms with Gasteiger partial charge in [-0.1, -0.05) is 0 Å². The first-order chi connectivity index (χ1) is 8.08. The lowest BCUT2D eigenvalue weighted by molar-refractivity contribution is -0.287. The maximum atomic E-state index is 12.8. The molecule has 1 aliphatic carbocycles. The summed E-state index contributed by atoms with van der Waals surface area (Å²) in [6.45, 7) is 0. The van der Waals surface area contributed by atoms with Crippen molar-refractivity contribution in [3.8, 4) is 0 Å². The summed E-state index contributed by atoms with van der Waals surface area (Å²) >= 11 is 0. The maximum Gasteiger partial charge on any atom is 0.453 e. The second-order valence-electron chi connectivity index (χ2n) is 3.89. The van der Waals surface area contributed by atoms with E-state index in [9.17, 15) is 32.2 Å². The Bertz CT molecular complexity index is 383. The molecule has 0 fully saturated rings. The van der Waals surface area contributed by atoms with Crippen molar-refractivity contribution in [2.75, 3.05) is 7.11 Å². The first-order valence-electron chi connectivity index (χ1n) is 4.89. The van der Waals surface area contributed by atoms with Gasteiger partial charge in [0.15, 0.2) is 5.76 Å². The van der Waals surface area contributed by atoms with Crippen molar-refractivity contribution in [3.63, 3.8) is 0 Å². The molecule has 0 spiro atoms. The SMILES string of the molecule is COC1=C(O)CC(CC(F)(F)C(F)(F)F)C(O)=C1. The normalized spacial score (nSPS) is 21.9. The molecule has 18 heavy (non-hydrogen) atoms. The minimum absolute atomic E-state index is 0.154. The van der Waals surface area contributed by atoms with E-state index in [-0.39, 0.29) is 5.76 Å². The quantitative estimate of drug-likeness (QED) is 0.775. The van der Waals surface area contributed by atoms with Gasteiger partial charge in [0.25, 0.3) is 0 Å². The van der Waals surface area contributed by atoms with Crippen LogP contribution in [0.3, 0.4) is 0 Å². The van der Waals surface area contributed by atoms with Gasteiger partial charge >= 0.3 is 12.1 Å². The number of methoxy groups -OCH3 is 1. The highest BCUT2D eigenvalue weighted by Crippen LogP contribution is 2.43. The summed E-state index contributed by atoms with van der Waals surface area (Å²) in [4.78, 5) is 0. The number of aliphatic hydroxyl groups excluding tert-OH is 2. The minimum Gasteiger partial charge on any atom is -0.512 e. The van der Waals surface area contributed by atoms with Crippen LogP contribution in [-0.2, 0) is 4.74 Å². The molecule has 0 aromatic heterocycles. The monoisotopic (exact) mass is 274 g/mol. The van der Waals surface area contributed by atoms with Gasteiger partial charge in [-0.2, -0.15) is 22.0 Å². The van der Waals surface area contributed by atoms with Crippen LogP contribution in [0.1, 0.15) is 12.8 Å². The van der Waals surface area contributed by atoms with Crippen molar-refractivity contribution in [1.29, 1.82) is 0 Å². The lowest BCUT2D eigenvalue weighted by Gasteiger charge is -2.26. The van der Waals surface area contributed by atoms with Gasteiger partial charge in [0, 0.05) is 24.8 Å². The van der Waals surface area contributed by atoms with Crippen molar-refractivity contribution in [1.82, 2.24) is 0 Å². The predicted molar refractivity (Wildman–Crippen MR) is 51.1 cm³/mol. The van der Waals surface area contributed by atoms with Crippen molar-refractivity contribution in [3.05, 3.63) is 23.4 Å². The molecule has 0 heterocycles. The van der Waals surface area contributed by atoms with Crippen molar-refractivity contribution in [2.45, 2.75) is 24.9 Å². The lowest BCUT2D eigenvalue weighted by Crippen LogP contribution is -2.39. The van der Waals surface area contributed by atoms with Crippen LogP contribution in [0.4, 0.5) is 22.0 Å². The Morgan fingerprint density at radius 2 is 1.83 bits per heavy atom. The molecule has 104 valence electrons. The number of rotatable bonds is 3. The number of hydrogen-bond donors (Lipinski definition) is 2. The molecule has 1 atom stereocenters. The fourth-order valence-corrected chi connectivity index (χ4v) is 1.55. The van der Waals surface area contributed by atoms with Crippen LogP contribution in [0.25, 0.3) is 0 Å². The van der Waals surface area contributed by atoms with Crippen LogP contribution in [-0.4, -0.2) is 29.4 Å². The van der Waals surface area contributed by atoms with E-state index in [4.69, 9.17) is 0 Å². The molecule has 3 nitrogen and oxygen atoms in total. The Morgan fingerprint density at radius 1 is 1.28 bits per heavy atom. The molecule has 0 amide bonds. The van der Waals surface area contributed by atoms with Gasteiger partial charge in [-0.25, -0.2) is 0 Å². The Hall–Kier alpha value is -1.47. The molecule has 0 aliphatic heterocycles. The fraction of sp³-hybridized carbons (Fsp3) is 0.600. The van der Waals surface area contributed by atoms with Crippen molar-refractivity contribution < 1.29 is 36.9 Å². The Morgan fingerprint density at radius 3 is 2.28 bits per heavy atom. The average Bonchev–Trinajstić information content (AvgIpc) is 2.21. The van der Waals surface area contributed by atoms with E-state index in [0.717, 1.165) is 6.08 Å². The molecular formula is C10H11F5O3. The second-order valence-corrected chi connectivity index (χ2v) is 3.89. The van der Waals surface area contributed by atoms with E-state index in [1.807, 2.05) is 0 Å². The summed E-state index contributed by atoms with van der Waals surface area (Å²) in [7, 11) is 1.17. The summed E-state index contributed by atoms with van der Waals surface area (Å²) in [6.07, 6.45) is -7.01. The molecular weight excluding hydrogens is 263 g/mol. The van der Waals surface area contributed by atoms with Gasteiger partial charge in [0.2, 0.25) is 0 Å². The Kier molecular flexibility index (Phi) is 3.78. The van der Waals surface area contributed by atoms with E-state index >= 15 is 0 Å². The van der Waals surface area contributed by atoms with E-state index < -0.39 is 42.4 Å². The van der Waals surface area contributed by atoms with Crippen LogP contribution in [0.5, 0.6) is 0 Å². The zero-order valence-corrected chi connectivity index (χ0v) is 9.26. The summed E-state index contributed by atoms with van der Waals surface area (Å²) < 4.78 is 66.2. The third-order valence-corrected chi connectivity index (χ3v) is 2.56. The predicted octanol–water partition coefficient (Wildman–Crippen LogP) is 3.45. The molecule has 0 saturated carbocycles. The van der Waals surface area contributed by atoms with Crippen LogP contribution in [0, 0.1) is 5.92 Å². The van der Waals surface area contributed by atoms with E-state index in [2.05, 4.69) is 4.74 Å². The number of halogens is 5. The largest absolute Gasteiger partial charge is 0.512 e. The zero-order chi connectivity index (χ0) is 14.1. The standard InChI is InChI=1S/C10H11F5O3/c1-18-8-3-6(16)5(2-7(8)17)4-9(11,12)10(13,14)15/h3,5,16-17H,2,4H2,1H3. The topological polar surface area (TPSA) is 49.7 Å². The van der Waals surface area contributed by atoms with Gasteiger partial charge in [-0.3, -0.25) is 0 Å². The maximum absolute atomic E-state index is 12.8. The highest BCUT2D eigenvalue weighted by Gasteiger charge is 2.58. The van der Waals surface area contributed by atoms with Crippen LogP contribution >= 0.6 is 0 Å². The van der Waals surface area contributed by atoms with Crippen molar-refractivity contribution >= 4 is 0 Å². The van der Waals surface area contributed by atoms with Gasteiger partial charge < -0.3 is 14.9 Å². The summed E-state index contributed by atoms with van der Waals surface area (Å²) in [5.74, 6) is -7.73. The first-order valence-corrected chi connectivity index (χ1v) is 4.89. The van der Waals surface area contributed by atoms with E-state index in [1.165, 1.54) is 7.11 Å². The Balaban J connectivity index is 2.85. The summed E-state index contributed by atoms with van der Waals surface area (Å²) in [5, 5.41) is 18.7. The molecule has 8 heteroatoms. The molecule has 2 N–H and O–H groups in total. The summed E-state index contributed by atoms with van der Waals surface area (Å²) in [6, 6.07) is 0.